The van der Waals surface area contributed by atoms with Gasteiger partial charge in [0.25, 0.3) is 5.92 Å². The summed E-state index contributed by atoms with van der Waals surface area (Å²) >= 11 is 7.94. The number of halogens is 4. The number of alkyl halides is 2. The third-order valence-electron chi connectivity index (χ3n) is 7.84. The summed E-state index contributed by atoms with van der Waals surface area (Å²) in [5.41, 5.74) is 6.64. The standard InChI is InChI=1S/C27H29ClF3N7O3S2/c1-36-8-4-5-15(36)12-41-26-34-23-17(24(35-26)37-9-10-38(43(2,39)40)14-27(30,31)13-37)11-18(28)20(21(23)29)16-6-3-7-19-22(16)33-25(32)42-19/h3,6-7,11,15H,4-5,8-10,12-14H2,1-2H3,(H2,32,33)/t15-/m0/s1. The molecule has 0 saturated carbocycles. The Bertz CT molecular complexity index is 1820. The Hall–Kier alpha value is -2.98. The third-order valence-corrected chi connectivity index (χ3v) is 10.2. The highest BCUT2D eigenvalue weighted by molar-refractivity contribution is 7.88. The van der Waals surface area contributed by atoms with Crippen molar-refractivity contribution < 1.29 is 26.3 Å². The van der Waals surface area contributed by atoms with Gasteiger partial charge in [-0.25, -0.2) is 26.6 Å². The van der Waals surface area contributed by atoms with Crippen molar-refractivity contribution in [2.45, 2.75) is 24.8 Å². The molecule has 0 spiro atoms. The number of nitrogens with two attached hydrogens (primary N) is 1. The number of anilines is 2. The van der Waals surface area contributed by atoms with Gasteiger partial charge in [-0.1, -0.05) is 35.1 Å². The molecule has 2 N–H and O–H groups in total. The van der Waals surface area contributed by atoms with Gasteiger partial charge in [-0.2, -0.15) is 14.3 Å². The van der Waals surface area contributed by atoms with E-state index in [9.17, 15) is 8.42 Å². The zero-order valence-electron chi connectivity index (χ0n) is 23.4. The van der Waals surface area contributed by atoms with E-state index in [-0.39, 0.29) is 59.1 Å². The summed E-state index contributed by atoms with van der Waals surface area (Å²) in [5, 5.41) is 0.391. The lowest BCUT2D eigenvalue weighted by Gasteiger charge is -2.26. The number of aromatic nitrogens is 3. The van der Waals surface area contributed by atoms with Gasteiger partial charge in [-0.3, -0.25) is 0 Å². The van der Waals surface area contributed by atoms with E-state index >= 15 is 13.2 Å². The second kappa shape index (κ2) is 11.2. The molecule has 0 radical (unpaired) electrons. The summed E-state index contributed by atoms with van der Waals surface area (Å²) in [5.74, 6) is -4.25. The van der Waals surface area contributed by atoms with E-state index in [1.807, 2.05) is 13.1 Å². The Morgan fingerprint density at radius 3 is 2.67 bits per heavy atom. The minimum Gasteiger partial charge on any atom is -0.462 e. The lowest BCUT2D eigenvalue weighted by Crippen LogP contribution is -2.41. The van der Waals surface area contributed by atoms with E-state index < -0.39 is 34.9 Å². The molecule has 2 aromatic carbocycles. The number of nitrogens with zero attached hydrogens (tertiary/aromatic N) is 6. The molecular formula is C27H29ClF3N7O3S2. The molecule has 2 aromatic heterocycles. The van der Waals surface area contributed by atoms with Gasteiger partial charge in [0.2, 0.25) is 10.0 Å². The summed E-state index contributed by atoms with van der Waals surface area (Å²) in [4.78, 5) is 16.6. The van der Waals surface area contributed by atoms with Crippen LogP contribution in [0.3, 0.4) is 0 Å². The van der Waals surface area contributed by atoms with Crippen LogP contribution in [0, 0.1) is 5.82 Å². The minimum absolute atomic E-state index is 0.00508. The zero-order valence-corrected chi connectivity index (χ0v) is 25.7. The van der Waals surface area contributed by atoms with Gasteiger partial charge in [0.15, 0.2) is 10.9 Å². The summed E-state index contributed by atoms with van der Waals surface area (Å²) < 4.78 is 78.6. The fourth-order valence-corrected chi connectivity index (χ4v) is 7.57. The van der Waals surface area contributed by atoms with Crippen LogP contribution in [0.5, 0.6) is 6.01 Å². The van der Waals surface area contributed by atoms with Crippen LogP contribution in [-0.2, 0) is 10.0 Å². The maximum absolute atomic E-state index is 16.6. The zero-order chi connectivity index (χ0) is 30.7. The first-order chi connectivity index (χ1) is 20.3. The first kappa shape index (κ1) is 30.1. The molecule has 0 aliphatic carbocycles. The predicted octanol–water partition coefficient (Wildman–Crippen LogP) is 4.47. The highest BCUT2D eigenvalue weighted by Gasteiger charge is 2.41. The van der Waals surface area contributed by atoms with Crippen molar-refractivity contribution in [1.29, 1.82) is 0 Å². The fourth-order valence-electron chi connectivity index (χ4n) is 5.68. The molecule has 230 valence electrons. The van der Waals surface area contributed by atoms with Crippen LogP contribution in [0.15, 0.2) is 24.3 Å². The van der Waals surface area contributed by atoms with E-state index in [1.54, 1.807) is 12.1 Å². The van der Waals surface area contributed by atoms with Crippen molar-refractivity contribution in [3.63, 3.8) is 0 Å². The van der Waals surface area contributed by atoms with Gasteiger partial charge in [0, 0.05) is 35.6 Å². The molecule has 2 fully saturated rings. The van der Waals surface area contributed by atoms with Gasteiger partial charge < -0.3 is 20.3 Å². The Morgan fingerprint density at radius 2 is 1.95 bits per heavy atom. The number of likely N-dealkylation sites (tertiary alicyclic amines) is 1. The molecule has 2 aliphatic heterocycles. The van der Waals surface area contributed by atoms with Crippen LogP contribution in [0.25, 0.3) is 32.2 Å². The van der Waals surface area contributed by atoms with E-state index in [0.29, 0.717) is 16.2 Å². The van der Waals surface area contributed by atoms with Crippen LogP contribution in [0.4, 0.5) is 24.1 Å². The Morgan fingerprint density at radius 1 is 1.16 bits per heavy atom. The number of benzene rings is 2. The predicted molar refractivity (Wildman–Crippen MR) is 162 cm³/mol. The number of fused-ring (bicyclic) bond motifs is 2. The first-order valence-electron chi connectivity index (χ1n) is 13.6. The SMILES string of the molecule is CN1CCC[C@H]1COc1nc(N2CCN(S(C)(=O)=O)CC(F)(F)C2)c2cc(Cl)c(-c3cccc4sc(N)nc34)c(F)c2n1. The fraction of sp³-hybridized carbons (Fsp3) is 0.444. The lowest BCUT2D eigenvalue weighted by molar-refractivity contribution is 0.000652. The molecule has 43 heavy (non-hydrogen) atoms. The molecule has 0 amide bonds. The summed E-state index contributed by atoms with van der Waals surface area (Å²) in [6.45, 7) is -1.06. The van der Waals surface area contributed by atoms with Crippen LogP contribution in [0.1, 0.15) is 12.8 Å². The Balaban J connectivity index is 1.51. The van der Waals surface area contributed by atoms with Crippen molar-refractivity contribution in [1.82, 2.24) is 24.2 Å². The van der Waals surface area contributed by atoms with Gasteiger partial charge in [-0.05, 0) is 38.6 Å². The van der Waals surface area contributed by atoms with Crippen molar-refractivity contribution in [3.8, 4) is 17.1 Å². The second-order valence-electron chi connectivity index (χ2n) is 10.9. The average Bonchev–Trinajstić information content (AvgIpc) is 3.47. The number of thiazole rings is 1. The summed E-state index contributed by atoms with van der Waals surface area (Å²) in [7, 11) is -1.92. The maximum atomic E-state index is 16.6. The smallest absolute Gasteiger partial charge is 0.319 e. The van der Waals surface area contributed by atoms with Gasteiger partial charge in [-0.15, -0.1) is 0 Å². The number of hydrogen-bond donors (Lipinski definition) is 1. The highest BCUT2D eigenvalue weighted by Crippen LogP contribution is 2.42. The molecular weight excluding hydrogens is 627 g/mol. The number of para-hydroxylation sites is 1. The van der Waals surface area contributed by atoms with Crippen molar-refractivity contribution >= 4 is 65.0 Å². The molecule has 0 bridgehead atoms. The van der Waals surface area contributed by atoms with Crippen LogP contribution in [-0.4, -0.2) is 97.2 Å². The molecule has 1 atom stereocenters. The molecule has 4 aromatic rings. The lowest BCUT2D eigenvalue weighted by atomic mass is 10.0. The number of likely N-dealkylation sites (N-methyl/N-ethyl adjacent to an activating group) is 1. The molecule has 6 rings (SSSR count). The van der Waals surface area contributed by atoms with Crippen LogP contribution in [0.2, 0.25) is 5.02 Å². The Labute approximate surface area is 255 Å². The summed E-state index contributed by atoms with van der Waals surface area (Å²) in [6, 6.07) is 6.56. The third kappa shape index (κ3) is 5.92. The quantitative estimate of drug-likeness (QED) is 0.321. The van der Waals surface area contributed by atoms with E-state index in [2.05, 4.69) is 19.9 Å². The summed E-state index contributed by atoms with van der Waals surface area (Å²) in [6.07, 6.45) is 2.78. The minimum atomic E-state index is -3.90. The number of hydrogen-bond acceptors (Lipinski definition) is 10. The van der Waals surface area contributed by atoms with Gasteiger partial charge >= 0.3 is 6.01 Å². The highest BCUT2D eigenvalue weighted by atomic mass is 35.5. The Kier molecular flexibility index (Phi) is 7.82. The van der Waals surface area contributed by atoms with Crippen molar-refractivity contribution in [3.05, 3.63) is 35.1 Å². The van der Waals surface area contributed by atoms with Gasteiger partial charge in [0.05, 0.1) is 34.6 Å². The maximum Gasteiger partial charge on any atom is 0.319 e. The first-order valence-corrected chi connectivity index (χ1v) is 16.6. The molecule has 10 nitrogen and oxygen atoms in total. The molecule has 2 saturated heterocycles. The van der Waals surface area contributed by atoms with Crippen LogP contribution < -0.4 is 15.4 Å². The number of sulfonamides is 1. The van der Waals surface area contributed by atoms with E-state index in [0.717, 1.165) is 34.6 Å². The second-order valence-corrected chi connectivity index (χ2v) is 14.4. The van der Waals surface area contributed by atoms with Crippen LogP contribution >= 0.6 is 22.9 Å². The molecule has 0 unspecified atom stereocenters. The topological polar surface area (TPSA) is 118 Å². The molecule has 2 aliphatic rings. The largest absolute Gasteiger partial charge is 0.462 e. The number of rotatable bonds is 6. The molecule has 16 heteroatoms. The normalized spacial score (nSPS) is 20.2. The van der Waals surface area contributed by atoms with E-state index in [4.69, 9.17) is 22.1 Å². The van der Waals surface area contributed by atoms with Crippen molar-refractivity contribution in [2.75, 3.05) is 63.3 Å². The van der Waals surface area contributed by atoms with Gasteiger partial charge in [0.1, 0.15) is 17.9 Å². The monoisotopic (exact) mass is 655 g/mol. The van der Waals surface area contributed by atoms with Crippen molar-refractivity contribution in [2.24, 2.45) is 0 Å². The number of nitrogen functional groups attached to an aromatic ring is 1. The average molecular weight is 656 g/mol. The number of ether oxygens (including phenoxy) is 1. The van der Waals surface area contributed by atoms with E-state index in [1.165, 1.54) is 22.3 Å². The molecule has 4 heterocycles.